The van der Waals surface area contributed by atoms with E-state index in [4.69, 9.17) is 0 Å². The number of carbonyl (C=O) groups excluding carboxylic acids is 1. The molecule has 0 spiro atoms. The minimum absolute atomic E-state index is 0.110. The van der Waals surface area contributed by atoms with Crippen molar-refractivity contribution in [2.45, 2.75) is 47.3 Å². The lowest BCUT2D eigenvalue weighted by Crippen LogP contribution is -2.28. The van der Waals surface area contributed by atoms with Crippen LogP contribution < -0.4 is 5.32 Å². The predicted molar refractivity (Wildman–Crippen MR) is 96.9 cm³/mol. The third kappa shape index (κ3) is 4.20. The molecule has 0 saturated heterocycles. The van der Waals surface area contributed by atoms with Crippen molar-refractivity contribution >= 4 is 31.0 Å². The van der Waals surface area contributed by atoms with Crippen molar-refractivity contribution in [1.29, 1.82) is 0 Å². The zero-order valence-electron chi connectivity index (χ0n) is 14.9. The fourth-order valence-corrected chi connectivity index (χ4v) is 2.42. The smallest absolute Gasteiger partial charge is 0.232 e. The number of fused-ring (bicyclic) bond motifs is 1. The van der Waals surface area contributed by atoms with E-state index in [1.54, 1.807) is 0 Å². The van der Waals surface area contributed by atoms with E-state index in [0.717, 1.165) is 16.6 Å². The average Bonchev–Trinajstić information content (AvgIpc) is 2.78. The van der Waals surface area contributed by atoms with Gasteiger partial charge in [-0.05, 0) is 6.92 Å². The summed E-state index contributed by atoms with van der Waals surface area (Å²) < 4.78 is 0. The Morgan fingerprint density at radius 2 is 1.91 bits per heavy atom. The lowest BCUT2D eigenvalue weighted by atomic mass is 9.96. The molecule has 1 amide bonds. The summed E-state index contributed by atoms with van der Waals surface area (Å²) in [4.78, 5) is 24.0. The van der Waals surface area contributed by atoms with Crippen LogP contribution in [0.5, 0.6) is 0 Å². The van der Waals surface area contributed by atoms with Gasteiger partial charge in [0.05, 0.1) is 16.6 Å². The van der Waals surface area contributed by atoms with E-state index >= 15 is 0 Å². The number of rotatable bonds is 1. The standard InChI is InChI=1S/C17H24N4OSi/c1-11-13-12(8-9-23(5,6)7)10-18-14(13)20-16(19-11)21-15(22)17(2,3)4/h10H,1-7H3,(H2,18,19,20,21,22). The van der Waals surface area contributed by atoms with Crippen molar-refractivity contribution in [3.8, 4) is 11.5 Å². The van der Waals surface area contributed by atoms with E-state index in [9.17, 15) is 4.79 Å². The molecule has 0 unspecified atom stereocenters. The number of H-pyrrole nitrogens is 1. The van der Waals surface area contributed by atoms with E-state index in [2.05, 4.69) is 51.4 Å². The van der Waals surface area contributed by atoms with Crippen LogP contribution in [0.25, 0.3) is 11.0 Å². The number of hydrogen-bond acceptors (Lipinski definition) is 3. The van der Waals surface area contributed by atoms with Gasteiger partial charge in [-0.3, -0.25) is 10.1 Å². The molecule has 6 heteroatoms. The van der Waals surface area contributed by atoms with Crippen LogP contribution in [0.4, 0.5) is 5.95 Å². The van der Waals surface area contributed by atoms with Crippen molar-refractivity contribution in [2.24, 2.45) is 5.41 Å². The van der Waals surface area contributed by atoms with Crippen molar-refractivity contribution in [2.75, 3.05) is 5.32 Å². The van der Waals surface area contributed by atoms with Gasteiger partial charge in [0.2, 0.25) is 11.9 Å². The van der Waals surface area contributed by atoms with Crippen LogP contribution in [0.15, 0.2) is 6.20 Å². The zero-order chi connectivity index (χ0) is 17.4. The molecule has 2 rings (SSSR count). The first-order valence-corrected chi connectivity index (χ1v) is 11.2. The van der Waals surface area contributed by atoms with Gasteiger partial charge in [0.15, 0.2) is 0 Å². The Hall–Kier alpha value is -2.13. The summed E-state index contributed by atoms with van der Waals surface area (Å²) in [5, 5.41) is 3.69. The molecule has 122 valence electrons. The second kappa shape index (κ2) is 5.82. The van der Waals surface area contributed by atoms with Crippen LogP contribution >= 0.6 is 0 Å². The van der Waals surface area contributed by atoms with Crippen LogP contribution in [0.1, 0.15) is 32.0 Å². The Morgan fingerprint density at radius 1 is 1.26 bits per heavy atom. The van der Waals surface area contributed by atoms with Crippen LogP contribution in [0.2, 0.25) is 19.6 Å². The van der Waals surface area contributed by atoms with E-state index in [1.807, 2.05) is 33.9 Å². The van der Waals surface area contributed by atoms with Gasteiger partial charge >= 0.3 is 0 Å². The maximum atomic E-state index is 12.1. The van der Waals surface area contributed by atoms with Crippen molar-refractivity contribution in [3.63, 3.8) is 0 Å². The highest BCUT2D eigenvalue weighted by Gasteiger charge is 2.22. The molecule has 0 aliphatic heterocycles. The van der Waals surface area contributed by atoms with Gasteiger partial charge in [0.1, 0.15) is 13.7 Å². The highest BCUT2D eigenvalue weighted by molar-refractivity contribution is 6.83. The lowest BCUT2D eigenvalue weighted by molar-refractivity contribution is -0.123. The molecule has 0 fully saturated rings. The molecule has 23 heavy (non-hydrogen) atoms. The Morgan fingerprint density at radius 3 is 2.48 bits per heavy atom. The first-order valence-electron chi connectivity index (χ1n) is 7.68. The number of carbonyl (C=O) groups is 1. The highest BCUT2D eigenvalue weighted by atomic mass is 28.3. The number of nitrogens with zero attached hydrogens (tertiary/aromatic N) is 2. The van der Waals surface area contributed by atoms with E-state index in [0.29, 0.717) is 11.6 Å². The molecule has 2 aromatic heterocycles. The number of aryl methyl sites for hydroxylation is 1. The second-order valence-electron chi connectivity index (χ2n) is 7.76. The van der Waals surface area contributed by atoms with E-state index in [1.165, 1.54) is 0 Å². The molecule has 2 heterocycles. The van der Waals surface area contributed by atoms with Crippen LogP contribution in [-0.4, -0.2) is 28.9 Å². The predicted octanol–water partition coefficient (Wildman–Crippen LogP) is 3.48. The summed E-state index contributed by atoms with van der Waals surface area (Å²) in [6.45, 7) is 14.1. The molecule has 0 radical (unpaired) electrons. The summed E-state index contributed by atoms with van der Waals surface area (Å²) in [5.41, 5.74) is 5.28. The lowest BCUT2D eigenvalue weighted by Gasteiger charge is -2.16. The highest BCUT2D eigenvalue weighted by Crippen LogP contribution is 2.22. The van der Waals surface area contributed by atoms with Crippen LogP contribution in [0, 0.1) is 23.8 Å². The topological polar surface area (TPSA) is 70.7 Å². The third-order valence-electron chi connectivity index (χ3n) is 3.19. The van der Waals surface area contributed by atoms with Gasteiger partial charge in [-0.25, -0.2) is 4.98 Å². The molecule has 0 saturated carbocycles. The van der Waals surface area contributed by atoms with Crippen LogP contribution in [-0.2, 0) is 4.79 Å². The van der Waals surface area contributed by atoms with Gasteiger partial charge < -0.3 is 4.98 Å². The minimum Gasteiger partial charge on any atom is -0.345 e. The number of aromatic amines is 1. The molecule has 0 bridgehead atoms. The van der Waals surface area contributed by atoms with E-state index < -0.39 is 13.5 Å². The van der Waals surface area contributed by atoms with Gasteiger partial charge in [-0.2, -0.15) is 4.98 Å². The number of hydrogen-bond donors (Lipinski definition) is 2. The molecule has 5 nitrogen and oxygen atoms in total. The number of aromatic nitrogens is 3. The summed E-state index contributed by atoms with van der Waals surface area (Å²) in [5.74, 6) is 3.46. The van der Waals surface area contributed by atoms with Crippen LogP contribution in [0.3, 0.4) is 0 Å². The largest absolute Gasteiger partial charge is 0.345 e. The maximum Gasteiger partial charge on any atom is 0.232 e. The summed E-state index contributed by atoms with van der Waals surface area (Å²) in [6.07, 6.45) is 1.86. The zero-order valence-corrected chi connectivity index (χ0v) is 15.9. The average molecular weight is 328 g/mol. The Kier molecular flexibility index (Phi) is 4.36. The number of nitrogens with one attached hydrogen (secondary N) is 2. The van der Waals surface area contributed by atoms with Gasteiger partial charge in [0, 0.05) is 11.6 Å². The normalized spacial score (nSPS) is 12.0. The van der Waals surface area contributed by atoms with Gasteiger partial charge in [0.25, 0.3) is 0 Å². The van der Waals surface area contributed by atoms with E-state index in [-0.39, 0.29) is 5.91 Å². The molecule has 2 N–H and O–H groups in total. The van der Waals surface area contributed by atoms with Crippen molar-refractivity contribution < 1.29 is 4.79 Å². The summed E-state index contributed by atoms with van der Waals surface area (Å²) >= 11 is 0. The van der Waals surface area contributed by atoms with Crippen molar-refractivity contribution in [1.82, 2.24) is 15.0 Å². The number of anilines is 1. The monoisotopic (exact) mass is 328 g/mol. The SMILES string of the molecule is Cc1nc(NC(=O)C(C)(C)C)nc2[nH]cc(C#C[Si](C)(C)C)c12. The van der Waals surface area contributed by atoms with Gasteiger partial charge in [-0.1, -0.05) is 46.3 Å². The maximum absolute atomic E-state index is 12.1. The first-order chi connectivity index (χ1) is 10.5. The fourth-order valence-electron chi connectivity index (χ4n) is 1.91. The van der Waals surface area contributed by atoms with Crippen molar-refractivity contribution in [3.05, 3.63) is 17.5 Å². The molecule has 0 atom stereocenters. The Labute approximate surface area is 138 Å². The molecule has 0 aliphatic rings. The fraction of sp³-hybridized carbons (Fsp3) is 0.471. The second-order valence-corrected chi connectivity index (χ2v) is 12.5. The first kappa shape index (κ1) is 17.2. The molecular weight excluding hydrogens is 304 g/mol. The Balaban J connectivity index is 2.42. The van der Waals surface area contributed by atoms with Gasteiger partial charge in [-0.15, -0.1) is 5.54 Å². The molecule has 0 aliphatic carbocycles. The third-order valence-corrected chi connectivity index (χ3v) is 4.07. The summed E-state index contributed by atoms with van der Waals surface area (Å²) in [7, 11) is -1.44. The molecule has 0 aromatic carbocycles. The minimum atomic E-state index is -1.44. The molecule has 2 aromatic rings. The summed E-state index contributed by atoms with van der Waals surface area (Å²) in [6, 6.07) is 0. The molecular formula is C17H24N4OSi. The quantitative estimate of drug-likeness (QED) is 0.622. The Bertz CT molecular complexity index is 813. The number of amides is 1.